The first kappa shape index (κ1) is 19.3. The van der Waals surface area contributed by atoms with Crippen LogP contribution in [0.15, 0.2) is 42.5 Å². The Hall–Kier alpha value is -2.07. The fourth-order valence-corrected chi connectivity index (χ4v) is 2.97. The van der Waals surface area contributed by atoms with E-state index in [4.69, 9.17) is 4.74 Å². The number of nitrogens with one attached hydrogen (secondary N) is 1. The van der Waals surface area contributed by atoms with E-state index in [1.165, 1.54) is 0 Å². The largest absolute Gasteiger partial charge is 0.444 e. The van der Waals surface area contributed by atoms with Crippen LogP contribution in [0.4, 0.5) is 4.79 Å². The van der Waals surface area contributed by atoms with Gasteiger partial charge in [0.15, 0.2) is 0 Å². The minimum absolute atomic E-state index is 0.00897. The second kappa shape index (κ2) is 7.87. The Morgan fingerprint density at radius 3 is 2.32 bits per heavy atom. The third-order valence-electron chi connectivity index (χ3n) is 4.30. The number of carbonyl (C=O) groups is 1. The standard InChI is InChI=1S/C21H29NO3/c1-14(2)18(13-23)19(22-20(24)25-21(3,4)5)17-11-10-15-8-6-7-9-16(15)12-17/h6-12,14,18-19,23H,13H2,1-5H3,(H,22,24)/t18-,19+/m0/s1. The molecule has 2 N–H and O–H groups in total. The maximum absolute atomic E-state index is 12.3. The molecule has 136 valence electrons. The molecule has 0 bridgehead atoms. The van der Waals surface area contributed by atoms with Crippen LogP contribution in [0.25, 0.3) is 10.8 Å². The van der Waals surface area contributed by atoms with Crippen molar-refractivity contribution in [3.63, 3.8) is 0 Å². The molecule has 0 fully saturated rings. The summed E-state index contributed by atoms with van der Waals surface area (Å²) in [4.78, 5) is 12.3. The van der Waals surface area contributed by atoms with Crippen molar-refractivity contribution < 1.29 is 14.6 Å². The monoisotopic (exact) mass is 343 g/mol. The molecule has 0 aliphatic rings. The van der Waals surface area contributed by atoms with Gasteiger partial charge in [-0.25, -0.2) is 4.79 Å². The van der Waals surface area contributed by atoms with Gasteiger partial charge in [-0.3, -0.25) is 0 Å². The molecule has 2 aromatic carbocycles. The number of amides is 1. The van der Waals surface area contributed by atoms with Crippen LogP contribution in [-0.4, -0.2) is 23.4 Å². The lowest BCUT2D eigenvalue weighted by Gasteiger charge is -2.31. The van der Waals surface area contributed by atoms with Crippen LogP contribution in [0.2, 0.25) is 0 Å². The van der Waals surface area contributed by atoms with E-state index in [1.54, 1.807) is 0 Å². The molecule has 0 unspecified atom stereocenters. The van der Waals surface area contributed by atoms with E-state index in [9.17, 15) is 9.90 Å². The number of carbonyl (C=O) groups excluding carboxylic acids is 1. The quantitative estimate of drug-likeness (QED) is 0.829. The van der Waals surface area contributed by atoms with Gasteiger partial charge >= 0.3 is 6.09 Å². The van der Waals surface area contributed by atoms with E-state index in [2.05, 4.69) is 17.4 Å². The summed E-state index contributed by atoms with van der Waals surface area (Å²) in [5.74, 6) is 0.102. The molecule has 2 atom stereocenters. The summed E-state index contributed by atoms with van der Waals surface area (Å²) in [6.07, 6.45) is -0.468. The van der Waals surface area contributed by atoms with Crippen molar-refractivity contribution in [3.05, 3.63) is 48.0 Å². The molecule has 4 nitrogen and oxygen atoms in total. The summed E-state index contributed by atoms with van der Waals surface area (Å²) in [5, 5.41) is 15.1. The van der Waals surface area contributed by atoms with Crippen LogP contribution < -0.4 is 5.32 Å². The molecule has 4 heteroatoms. The summed E-state index contributed by atoms with van der Waals surface area (Å²) in [5.41, 5.74) is 0.405. The first-order valence-corrected chi connectivity index (χ1v) is 8.80. The lowest BCUT2D eigenvalue weighted by molar-refractivity contribution is 0.0451. The molecular weight excluding hydrogens is 314 g/mol. The first-order valence-electron chi connectivity index (χ1n) is 8.80. The van der Waals surface area contributed by atoms with E-state index >= 15 is 0 Å². The molecule has 1 amide bonds. The average Bonchev–Trinajstić information content (AvgIpc) is 2.52. The number of aliphatic hydroxyl groups is 1. The summed E-state index contributed by atoms with van der Waals surface area (Å²) in [7, 11) is 0. The third kappa shape index (κ3) is 5.20. The van der Waals surface area contributed by atoms with Gasteiger partial charge in [-0.1, -0.05) is 50.2 Å². The van der Waals surface area contributed by atoms with E-state index in [-0.39, 0.29) is 24.5 Å². The van der Waals surface area contributed by atoms with Gasteiger partial charge in [0.1, 0.15) is 5.60 Å². The number of alkyl carbamates (subject to hydrolysis) is 1. The summed E-state index contributed by atoms with van der Waals surface area (Å²) in [6.45, 7) is 9.60. The van der Waals surface area contributed by atoms with Crippen molar-refractivity contribution in [3.8, 4) is 0 Å². The zero-order valence-corrected chi connectivity index (χ0v) is 15.7. The fourth-order valence-electron chi connectivity index (χ4n) is 2.97. The smallest absolute Gasteiger partial charge is 0.408 e. The van der Waals surface area contributed by atoms with Gasteiger partial charge in [-0.05, 0) is 49.1 Å². The lowest BCUT2D eigenvalue weighted by Crippen LogP contribution is -2.40. The Balaban J connectivity index is 2.36. The molecule has 0 radical (unpaired) electrons. The topological polar surface area (TPSA) is 58.6 Å². The SMILES string of the molecule is CC(C)[C@H](CO)[C@H](NC(=O)OC(C)(C)C)c1ccc2ccccc2c1. The van der Waals surface area contributed by atoms with E-state index in [0.29, 0.717) is 0 Å². The van der Waals surface area contributed by atoms with E-state index in [1.807, 2.05) is 65.0 Å². The van der Waals surface area contributed by atoms with Crippen LogP contribution in [0.1, 0.15) is 46.2 Å². The van der Waals surface area contributed by atoms with E-state index in [0.717, 1.165) is 16.3 Å². The summed E-state index contributed by atoms with van der Waals surface area (Å²) in [6, 6.07) is 13.9. The predicted octanol–water partition coefficient (Wildman–Crippen LogP) is 4.67. The van der Waals surface area contributed by atoms with Gasteiger partial charge < -0.3 is 15.2 Å². The summed E-state index contributed by atoms with van der Waals surface area (Å²) < 4.78 is 5.42. The minimum Gasteiger partial charge on any atom is -0.444 e. The zero-order valence-electron chi connectivity index (χ0n) is 15.7. The van der Waals surface area contributed by atoms with Crippen molar-refractivity contribution in [1.82, 2.24) is 5.32 Å². The number of benzene rings is 2. The van der Waals surface area contributed by atoms with Crippen molar-refractivity contribution in [2.24, 2.45) is 11.8 Å². The Labute approximate surface area is 150 Å². The second-order valence-electron chi connectivity index (χ2n) is 7.82. The minimum atomic E-state index is -0.565. The molecular formula is C21H29NO3. The number of hydrogen-bond donors (Lipinski definition) is 2. The van der Waals surface area contributed by atoms with Crippen LogP contribution in [0.5, 0.6) is 0 Å². The molecule has 2 rings (SSSR count). The van der Waals surface area contributed by atoms with Crippen molar-refractivity contribution in [2.75, 3.05) is 6.61 Å². The van der Waals surface area contributed by atoms with Crippen LogP contribution in [0, 0.1) is 11.8 Å². The van der Waals surface area contributed by atoms with Gasteiger partial charge in [0.05, 0.1) is 6.04 Å². The number of rotatable bonds is 5. The average molecular weight is 343 g/mol. The van der Waals surface area contributed by atoms with Gasteiger partial charge in [0.2, 0.25) is 0 Å². The zero-order chi connectivity index (χ0) is 18.6. The molecule has 0 saturated carbocycles. The van der Waals surface area contributed by atoms with Crippen LogP contribution >= 0.6 is 0 Å². The fraction of sp³-hybridized carbons (Fsp3) is 0.476. The first-order chi connectivity index (χ1) is 11.7. The number of fused-ring (bicyclic) bond motifs is 1. The highest BCUT2D eigenvalue weighted by Crippen LogP contribution is 2.30. The maximum Gasteiger partial charge on any atom is 0.408 e. The molecule has 0 saturated heterocycles. The Morgan fingerprint density at radius 1 is 1.12 bits per heavy atom. The second-order valence-corrected chi connectivity index (χ2v) is 7.82. The normalized spacial score (nSPS) is 14.4. The molecule has 0 aliphatic carbocycles. The predicted molar refractivity (Wildman–Crippen MR) is 101 cm³/mol. The number of hydrogen-bond acceptors (Lipinski definition) is 3. The van der Waals surface area contributed by atoms with Crippen molar-refractivity contribution in [2.45, 2.75) is 46.3 Å². The molecule has 0 aliphatic heterocycles. The molecule has 0 aromatic heterocycles. The highest BCUT2D eigenvalue weighted by Gasteiger charge is 2.29. The molecule has 25 heavy (non-hydrogen) atoms. The highest BCUT2D eigenvalue weighted by atomic mass is 16.6. The van der Waals surface area contributed by atoms with Gasteiger partial charge in [-0.2, -0.15) is 0 Å². The maximum atomic E-state index is 12.3. The Morgan fingerprint density at radius 2 is 1.76 bits per heavy atom. The van der Waals surface area contributed by atoms with Gasteiger partial charge in [0.25, 0.3) is 0 Å². The van der Waals surface area contributed by atoms with Gasteiger partial charge in [0, 0.05) is 12.5 Å². The van der Waals surface area contributed by atoms with Gasteiger partial charge in [-0.15, -0.1) is 0 Å². The van der Waals surface area contributed by atoms with Crippen LogP contribution in [-0.2, 0) is 4.74 Å². The highest BCUT2D eigenvalue weighted by molar-refractivity contribution is 5.83. The Kier molecular flexibility index (Phi) is 6.07. The number of ether oxygens (including phenoxy) is 1. The van der Waals surface area contributed by atoms with Crippen molar-refractivity contribution in [1.29, 1.82) is 0 Å². The van der Waals surface area contributed by atoms with Crippen LogP contribution in [0.3, 0.4) is 0 Å². The summed E-state index contributed by atoms with van der Waals surface area (Å²) >= 11 is 0. The number of aliphatic hydroxyl groups excluding tert-OH is 1. The lowest BCUT2D eigenvalue weighted by atomic mass is 9.84. The molecule has 2 aromatic rings. The molecule has 0 heterocycles. The third-order valence-corrected chi connectivity index (χ3v) is 4.30. The van der Waals surface area contributed by atoms with E-state index < -0.39 is 11.7 Å². The molecule has 0 spiro atoms. The van der Waals surface area contributed by atoms with Crippen molar-refractivity contribution >= 4 is 16.9 Å². The Bertz CT molecular complexity index is 718.